The molecule has 606 valence electrons. The summed E-state index contributed by atoms with van der Waals surface area (Å²) in [4.78, 5) is 73.1. The SMILES string of the molecule is CCCCCCCCCCCCCCCCCCCCC(=O)O[C@H](COC(=O)CCCCCCCCCCCCCCCCC(C)C)COP(=O)(O)OC[C@@H](O)COP(=O)(O)OC[C@@H](COC(=O)CCCCCCCCCCC(C)C)OC(=O)CCCCCCCCCCCCCCCCCC. The second-order valence-corrected chi connectivity index (χ2v) is 33.7. The number of carbonyl (C=O) groups is 4. The van der Waals surface area contributed by atoms with E-state index in [2.05, 4.69) is 41.5 Å². The molecule has 5 atom stereocenters. The Bertz CT molecular complexity index is 1960. The van der Waals surface area contributed by atoms with Crippen molar-refractivity contribution in [2.75, 3.05) is 39.6 Å². The Morgan fingerprint density at radius 1 is 0.265 bits per heavy atom. The molecule has 0 aromatic rings. The van der Waals surface area contributed by atoms with Crippen LogP contribution in [0.1, 0.15) is 440 Å². The van der Waals surface area contributed by atoms with E-state index in [4.69, 9.17) is 37.0 Å². The molecule has 0 aliphatic rings. The van der Waals surface area contributed by atoms with Crippen LogP contribution in [0.15, 0.2) is 0 Å². The molecule has 0 aromatic carbocycles. The first-order chi connectivity index (χ1) is 49.4. The Morgan fingerprint density at radius 2 is 0.451 bits per heavy atom. The van der Waals surface area contributed by atoms with Gasteiger partial charge in [0.1, 0.15) is 19.3 Å². The van der Waals surface area contributed by atoms with E-state index in [1.54, 1.807) is 0 Å². The Morgan fingerprint density at radius 3 is 0.667 bits per heavy atom. The number of unbranched alkanes of at least 4 members (excludes halogenated alkanes) is 52. The minimum Gasteiger partial charge on any atom is -0.462 e. The zero-order valence-electron chi connectivity index (χ0n) is 66.9. The molecular weight excluding hydrogens is 1330 g/mol. The molecule has 0 bridgehead atoms. The number of phosphoric ester groups is 2. The van der Waals surface area contributed by atoms with Gasteiger partial charge < -0.3 is 33.8 Å². The smallest absolute Gasteiger partial charge is 0.462 e. The minimum atomic E-state index is -4.96. The van der Waals surface area contributed by atoms with Gasteiger partial charge >= 0.3 is 39.5 Å². The summed E-state index contributed by atoms with van der Waals surface area (Å²) < 4.78 is 68.8. The second kappa shape index (κ2) is 74.5. The summed E-state index contributed by atoms with van der Waals surface area (Å²) in [6.45, 7) is 9.65. The van der Waals surface area contributed by atoms with Crippen LogP contribution in [0.2, 0.25) is 0 Å². The number of aliphatic hydroxyl groups is 1. The lowest BCUT2D eigenvalue weighted by atomic mass is 10.0. The molecule has 102 heavy (non-hydrogen) atoms. The summed E-state index contributed by atoms with van der Waals surface area (Å²) in [5, 5.41) is 10.7. The van der Waals surface area contributed by atoms with Gasteiger partial charge in [-0.25, -0.2) is 9.13 Å². The van der Waals surface area contributed by atoms with Crippen molar-refractivity contribution in [2.45, 2.75) is 458 Å². The van der Waals surface area contributed by atoms with E-state index in [0.717, 1.165) is 102 Å². The summed E-state index contributed by atoms with van der Waals surface area (Å²) in [5.41, 5.74) is 0. The number of aliphatic hydroxyl groups excluding tert-OH is 1. The van der Waals surface area contributed by atoms with Crippen LogP contribution in [0.4, 0.5) is 0 Å². The van der Waals surface area contributed by atoms with Gasteiger partial charge in [0.05, 0.1) is 26.4 Å². The van der Waals surface area contributed by atoms with Crippen LogP contribution >= 0.6 is 15.6 Å². The minimum absolute atomic E-state index is 0.108. The third kappa shape index (κ3) is 76.3. The number of esters is 4. The zero-order chi connectivity index (χ0) is 74.9. The summed E-state index contributed by atoms with van der Waals surface area (Å²) >= 11 is 0. The lowest BCUT2D eigenvalue weighted by Gasteiger charge is -2.21. The van der Waals surface area contributed by atoms with E-state index in [1.165, 1.54) is 257 Å². The van der Waals surface area contributed by atoms with Crippen LogP contribution in [-0.4, -0.2) is 96.7 Å². The average Bonchev–Trinajstić information content (AvgIpc) is 0.932. The van der Waals surface area contributed by atoms with Crippen molar-refractivity contribution in [3.8, 4) is 0 Å². The fourth-order valence-electron chi connectivity index (χ4n) is 12.9. The van der Waals surface area contributed by atoms with Gasteiger partial charge in [-0.15, -0.1) is 0 Å². The molecule has 2 unspecified atom stereocenters. The Kier molecular flexibility index (Phi) is 73.1. The number of carbonyl (C=O) groups excluding carboxylic acids is 4. The molecule has 17 nitrogen and oxygen atoms in total. The van der Waals surface area contributed by atoms with Crippen LogP contribution < -0.4 is 0 Å². The topological polar surface area (TPSA) is 237 Å². The van der Waals surface area contributed by atoms with Crippen LogP contribution in [0.25, 0.3) is 0 Å². The van der Waals surface area contributed by atoms with Gasteiger partial charge in [-0.2, -0.15) is 0 Å². The largest absolute Gasteiger partial charge is 0.472 e. The molecule has 0 spiro atoms. The van der Waals surface area contributed by atoms with Gasteiger partial charge in [0.15, 0.2) is 12.2 Å². The van der Waals surface area contributed by atoms with Gasteiger partial charge in [0.25, 0.3) is 0 Å². The number of rotatable bonds is 82. The summed E-state index contributed by atoms with van der Waals surface area (Å²) in [6, 6.07) is 0. The maximum absolute atomic E-state index is 13.1. The predicted octanol–water partition coefficient (Wildman–Crippen LogP) is 25.1. The van der Waals surface area contributed by atoms with Crippen molar-refractivity contribution >= 4 is 39.5 Å². The van der Waals surface area contributed by atoms with E-state index in [9.17, 15) is 43.2 Å². The third-order valence-electron chi connectivity index (χ3n) is 19.5. The van der Waals surface area contributed by atoms with E-state index in [0.29, 0.717) is 25.7 Å². The van der Waals surface area contributed by atoms with Gasteiger partial charge in [0, 0.05) is 25.7 Å². The van der Waals surface area contributed by atoms with Gasteiger partial charge in [0.2, 0.25) is 0 Å². The predicted molar refractivity (Wildman–Crippen MR) is 418 cm³/mol. The fourth-order valence-corrected chi connectivity index (χ4v) is 14.5. The van der Waals surface area contributed by atoms with Crippen molar-refractivity contribution in [1.29, 1.82) is 0 Å². The molecule has 0 heterocycles. The molecular formula is C83H162O17P2. The highest BCUT2D eigenvalue weighted by Crippen LogP contribution is 2.45. The molecule has 3 N–H and O–H groups in total. The average molecular weight is 1490 g/mol. The van der Waals surface area contributed by atoms with Crippen LogP contribution in [0.3, 0.4) is 0 Å². The van der Waals surface area contributed by atoms with Crippen molar-refractivity contribution in [1.82, 2.24) is 0 Å². The van der Waals surface area contributed by atoms with Crippen molar-refractivity contribution < 1.29 is 80.2 Å². The highest BCUT2D eigenvalue weighted by Gasteiger charge is 2.30. The molecule has 0 saturated heterocycles. The molecule has 0 aromatic heterocycles. The summed E-state index contributed by atoms with van der Waals surface area (Å²) in [7, 11) is -9.92. The molecule has 0 amide bonds. The lowest BCUT2D eigenvalue weighted by Crippen LogP contribution is -2.30. The normalized spacial score (nSPS) is 13.9. The molecule has 0 fully saturated rings. The highest BCUT2D eigenvalue weighted by molar-refractivity contribution is 7.47. The quantitative estimate of drug-likeness (QED) is 0.0222. The number of ether oxygens (including phenoxy) is 4. The second-order valence-electron chi connectivity index (χ2n) is 30.8. The molecule has 0 rings (SSSR count). The van der Waals surface area contributed by atoms with E-state index in [-0.39, 0.29) is 25.7 Å². The fraction of sp³-hybridized carbons (Fsp3) is 0.952. The van der Waals surface area contributed by atoms with E-state index < -0.39 is 97.5 Å². The van der Waals surface area contributed by atoms with Crippen LogP contribution in [0.5, 0.6) is 0 Å². The Balaban J connectivity index is 5.25. The van der Waals surface area contributed by atoms with Crippen LogP contribution in [-0.2, 0) is 65.4 Å². The first-order valence-corrected chi connectivity index (χ1v) is 46.0. The van der Waals surface area contributed by atoms with Gasteiger partial charge in [-0.3, -0.25) is 37.3 Å². The first kappa shape index (κ1) is 100. The molecule has 19 heteroatoms. The third-order valence-corrected chi connectivity index (χ3v) is 21.4. The summed E-state index contributed by atoms with van der Waals surface area (Å²) in [6.07, 6.45) is 65.2. The van der Waals surface area contributed by atoms with Crippen LogP contribution in [0, 0.1) is 11.8 Å². The maximum Gasteiger partial charge on any atom is 0.472 e. The monoisotopic (exact) mass is 1490 g/mol. The maximum atomic E-state index is 13.1. The van der Waals surface area contributed by atoms with Crippen molar-refractivity contribution in [2.24, 2.45) is 11.8 Å². The van der Waals surface area contributed by atoms with Crippen molar-refractivity contribution in [3.63, 3.8) is 0 Å². The molecule has 0 radical (unpaired) electrons. The Labute approximate surface area is 626 Å². The molecule has 0 saturated carbocycles. The van der Waals surface area contributed by atoms with E-state index in [1.807, 2.05) is 0 Å². The summed E-state index contributed by atoms with van der Waals surface area (Å²) in [5.74, 6) is -0.579. The first-order valence-electron chi connectivity index (χ1n) is 43.0. The van der Waals surface area contributed by atoms with Gasteiger partial charge in [-0.05, 0) is 37.5 Å². The number of hydrogen-bond donors (Lipinski definition) is 3. The number of hydrogen-bond acceptors (Lipinski definition) is 15. The standard InChI is InChI=1S/C83H162O17P2/c1-7-9-11-13-15-17-19-21-23-25-26-28-34-38-42-50-56-62-68-82(87)99-78(71-93-80(85)65-59-53-47-40-36-32-30-29-31-35-39-45-51-57-63-75(3)4)73-97-101(89,90)95-69-77(84)70-96-102(91,92)98-74-79(72-94-81(86)66-60-54-48-44-43-46-52-58-64-76(5)6)100-83(88)67-61-55-49-41-37-33-27-24-22-20-18-16-14-12-10-8-2/h75-79,84H,7-74H2,1-6H3,(H,89,90)(H,91,92)/t77-,78-,79-/m1/s1. The van der Waals surface area contributed by atoms with E-state index >= 15 is 0 Å². The van der Waals surface area contributed by atoms with Gasteiger partial charge in [-0.1, -0.05) is 388 Å². The Hall–Kier alpha value is -1.94. The lowest BCUT2D eigenvalue weighted by molar-refractivity contribution is -0.161. The highest BCUT2D eigenvalue weighted by atomic mass is 31.2. The van der Waals surface area contributed by atoms with Crippen molar-refractivity contribution in [3.05, 3.63) is 0 Å². The molecule has 0 aliphatic heterocycles. The number of phosphoric acid groups is 2. The molecule has 0 aliphatic carbocycles. The zero-order valence-corrected chi connectivity index (χ0v) is 68.7.